The Morgan fingerprint density at radius 2 is 1.86 bits per heavy atom. The molecule has 0 saturated heterocycles. The Balaban J connectivity index is 2.18. The summed E-state index contributed by atoms with van der Waals surface area (Å²) in [6.45, 7) is 1.88. The van der Waals surface area contributed by atoms with Gasteiger partial charge in [-0.3, -0.25) is 0 Å². The van der Waals surface area contributed by atoms with E-state index in [1.165, 1.54) is 0 Å². The van der Waals surface area contributed by atoms with Gasteiger partial charge in [0.15, 0.2) is 11.5 Å². The summed E-state index contributed by atoms with van der Waals surface area (Å²) in [5.41, 5.74) is 1.74. The number of carbonyl (C=O) groups excluding carboxylic acids is 1. The van der Waals surface area contributed by atoms with E-state index in [9.17, 15) is 10.1 Å². The summed E-state index contributed by atoms with van der Waals surface area (Å²) < 4.78 is 21.7. The normalized spacial score (nSPS) is 14.0. The number of hydrogen-bond donors (Lipinski definition) is 0. The van der Waals surface area contributed by atoms with E-state index in [1.807, 2.05) is 24.3 Å². The molecule has 0 radical (unpaired) electrons. The van der Waals surface area contributed by atoms with Gasteiger partial charge in [-0.25, -0.2) is 4.79 Å². The van der Waals surface area contributed by atoms with Gasteiger partial charge in [0.05, 0.1) is 20.8 Å². The number of methoxy groups -OCH3 is 2. The maximum absolute atomic E-state index is 12.3. The average Bonchev–Trinajstić information content (AvgIpc) is 2.73. The van der Waals surface area contributed by atoms with Gasteiger partial charge in [0, 0.05) is 16.7 Å². The van der Waals surface area contributed by atoms with E-state index in [0.29, 0.717) is 39.7 Å². The molecule has 142 valence electrons. The number of nitrogens with zero attached hydrogens (tertiary/aromatic N) is 1. The fourth-order valence-electron chi connectivity index (χ4n) is 2.89. The van der Waals surface area contributed by atoms with Crippen LogP contribution in [-0.4, -0.2) is 26.8 Å². The van der Waals surface area contributed by atoms with Crippen molar-refractivity contribution in [1.29, 1.82) is 5.26 Å². The van der Waals surface area contributed by atoms with Gasteiger partial charge in [-0.15, -0.1) is 0 Å². The third kappa shape index (κ3) is 3.55. The van der Waals surface area contributed by atoms with Crippen molar-refractivity contribution in [3.63, 3.8) is 0 Å². The zero-order chi connectivity index (χ0) is 20.1. The summed E-state index contributed by atoms with van der Waals surface area (Å²) in [7, 11) is 3.11. The Morgan fingerprint density at radius 1 is 1.11 bits per heavy atom. The summed E-state index contributed by atoms with van der Waals surface area (Å²) in [5, 5.41) is 9.59. The number of benzene rings is 2. The first-order valence-electron chi connectivity index (χ1n) is 8.65. The molecule has 0 unspecified atom stereocenters. The highest BCUT2D eigenvalue weighted by atomic mass is 16.5. The lowest BCUT2D eigenvalue weighted by atomic mass is 9.95. The Morgan fingerprint density at radius 3 is 2.54 bits per heavy atom. The van der Waals surface area contributed by atoms with Crippen LogP contribution in [0.4, 0.5) is 0 Å². The van der Waals surface area contributed by atoms with Crippen LogP contribution >= 0.6 is 0 Å². The number of nitriles is 1. The van der Waals surface area contributed by atoms with Crippen molar-refractivity contribution in [2.45, 2.75) is 6.92 Å². The van der Waals surface area contributed by atoms with Crippen LogP contribution in [0, 0.1) is 11.3 Å². The SMILES string of the molecule is CCOC(=O)C(C#N)=C1C=C(c2ccc(OC)c(OC)c2)Oc2ccccc21. The molecule has 0 saturated carbocycles. The first-order valence-corrected chi connectivity index (χ1v) is 8.65. The van der Waals surface area contributed by atoms with Crippen LogP contribution in [0.15, 0.2) is 54.1 Å². The van der Waals surface area contributed by atoms with E-state index in [2.05, 4.69) is 0 Å². The van der Waals surface area contributed by atoms with E-state index in [1.54, 1.807) is 51.5 Å². The predicted octanol–water partition coefficient (Wildman–Crippen LogP) is 3.98. The van der Waals surface area contributed by atoms with Crippen LogP contribution in [0.1, 0.15) is 18.1 Å². The van der Waals surface area contributed by atoms with E-state index < -0.39 is 5.97 Å². The topological polar surface area (TPSA) is 77.8 Å². The average molecular weight is 377 g/mol. The van der Waals surface area contributed by atoms with Gasteiger partial charge in [-0.1, -0.05) is 18.2 Å². The van der Waals surface area contributed by atoms with Gasteiger partial charge in [-0.2, -0.15) is 5.26 Å². The molecule has 0 amide bonds. The van der Waals surface area contributed by atoms with Crippen molar-refractivity contribution in [2.24, 2.45) is 0 Å². The number of hydrogen-bond acceptors (Lipinski definition) is 6. The zero-order valence-electron chi connectivity index (χ0n) is 15.8. The molecule has 2 aromatic carbocycles. The molecule has 2 aromatic rings. The van der Waals surface area contributed by atoms with Crippen molar-refractivity contribution >= 4 is 17.3 Å². The van der Waals surface area contributed by atoms with Crippen LogP contribution in [0.25, 0.3) is 11.3 Å². The molecule has 3 rings (SSSR count). The third-order valence-electron chi connectivity index (χ3n) is 4.20. The van der Waals surface area contributed by atoms with Crippen LogP contribution in [0.3, 0.4) is 0 Å². The highest BCUT2D eigenvalue weighted by Crippen LogP contribution is 2.40. The molecule has 0 fully saturated rings. The summed E-state index contributed by atoms with van der Waals surface area (Å²) in [6.07, 6.45) is 1.67. The molecule has 0 bridgehead atoms. The second-order valence-corrected chi connectivity index (χ2v) is 5.80. The monoisotopic (exact) mass is 377 g/mol. The molecule has 1 heterocycles. The molecule has 0 N–H and O–H groups in total. The van der Waals surface area contributed by atoms with Gasteiger partial charge in [0.1, 0.15) is 23.2 Å². The summed E-state index contributed by atoms with van der Waals surface area (Å²) in [4.78, 5) is 12.3. The maximum Gasteiger partial charge on any atom is 0.349 e. The van der Waals surface area contributed by atoms with Gasteiger partial charge >= 0.3 is 5.97 Å². The standard InChI is InChI=1S/C22H19NO5/c1-4-27-22(24)17(13-23)16-12-20(28-18-8-6-5-7-15(16)18)14-9-10-19(25-2)21(11-14)26-3/h5-12H,4H2,1-3H3. The number of allylic oxidation sites excluding steroid dienone is 2. The summed E-state index contributed by atoms with van der Waals surface area (Å²) in [5.74, 6) is 1.48. The number of carbonyl (C=O) groups is 1. The van der Waals surface area contributed by atoms with Crippen molar-refractivity contribution in [3.8, 4) is 23.3 Å². The van der Waals surface area contributed by atoms with Crippen LogP contribution in [-0.2, 0) is 9.53 Å². The summed E-state index contributed by atoms with van der Waals surface area (Å²) in [6, 6.07) is 14.5. The van der Waals surface area contributed by atoms with Gasteiger partial charge in [0.2, 0.25) is 0 Å². The van der Waals surface area contributed by atoms with Gasteiger partial charge in [-0.05, 0) is 37.3 Å². The van der Waals surface area contributed by atoms with Gasteiger partial charge < -0.3 is 18.9 Å². The minimum atomic E-state index is -0.667. The van der Waals surface area contributed by atoms with Crippen molar-refractivity contribution in [2.75, 3.05) is 20.8 Å². The largest absolute Gasteiger partial charge is 0.493 e. The van der Waals surface area contributed by atoms with E-state index >= 15 is 0 Å². The van der Waals surface area contributed by atoms with Crippen molar-refractivity contribution in [1.82, 2.24) is 0 Å². The second kappa shape index (κ2) is 8.31. The van der Waals surface area contributed by atoms with E-state index in [4.69, 9.17) is 18.9 Å². The maximum atomic E-state index is 12.3. The second-order valence-electron chi connectivity index (χ2n) is 5.80. The Kier molecular flexibility index (Phi) is 5.66. The van der Waals surface area contributed by atoms with E-state index in [-0.39, 0.29) is 12.2 Å². The highest BCUT2D eigenvalue weighted by molar-refractivity contribution is 6.06. The molecule has 28 heavy (non-hydrogen) atoms. The molecule has 0 spiro atoms. The van der Waals surface area contributed by atoms with E-state index in [0.717, 1.165) is 0 Å². The highest BCUT2D eigenvalue weighted by Gasteiger charge is 2.25. The number of rotatable bonds is 5. The molecular weight excluding hydrogens is 358 g/mol. The Labute approximate surface area is 163 Å². The third-order valence-corrected chi connectivity index (χ3v) is 4.20. The zero-order valence-corrected chi connectivity index (χ0v) is 15.8. The molecule has 0 aromatic heterocycles. The predicted molar refractivity (Wildman–Crippen MR) is 104 cm³/mol. The van der Waals surface area contributed by atoms with Gasteiger partial charge in [0.25, 0.3) is 0 Å². The fourth-order valence-corrected chi connectivity index (χ4v) is 2.89. The van der Waals surface area contributed by atoms with Crippen molar-refractivity contribution < 1.29 is 23.7 Å². The van der Waals surface area contributed by atoms with Crippen LogP contribution in [0.2, 0.25) is 0 Å². The first-order chi connectivity index (χ1) is 13.6. The molecular formula is C22H19NO5. The first kappa shape index (κ1) is 19.1. The quantitative estimate of drug-likeness (QED) is 0.446. The minimum Gasteiger partial charge on any atom is -0.493 e. The molecule has 6 nitrogen and oxygen atoms in total. The minimum absolute atomic E-state index is 0.0735. The smallest absolute Gasteiger partial charge is 0.349 e. The molecule has 1 aliphatic heterocycles. The summed E-state index contributed by atoms with van der Waals surface area (Å²) >= 11 is 0. The molecule has 0 atom stereocenters. The lowest BCUT2D eigenvalue weighted by Gasteiger charge is -2.21. The molecule has 1 aliphatic rings. The Hall–Kier alpha value is -3.72. The van der Waals surface area contributed by atoms with Crippen LogP contribution in [0.5, 0.6) is 17.2 Å². The van der Waals surface area contributed by atoms with Crippen LogP contribution < -0.4 is 14.2 Å². The number of para-hydroxylation sites is 1. The number of ether oxygens (including phenoxy) is 4. The Bertz CT molecular complexity index is 1010. The number of fused-ring (bicyclic) bond motifs is 1. The fraction of sp³-hybridized carbons (Fsp3) is 0.182. The number of esters is 1. The molecule has 0 aliphatic carbocycles. The lowest BCUT2D eigenvalue weighted by molar-refractivity contribution is -0.137. The molecule has 6 heteroatoms. The van der Waals surface area contributed by atoms with Crippen molar-refractivity contribution in [3.05, 3.63) is 65.2 Å². The lowest BCUT2D eigenvalue weighted by Crippen LogP contribution is -2.11.